The zero-order valence-electron chi connectivity index (χ0n) is 10.4. The molecule has 0 bridgehead atoms. The average Bonchev–Trinajstić information content (AvgIpc) is 2.72. The number of nitrogens with zero attached hydrogens (tertiary/aromatic N) is 2. The van der Waals surface area contributed by atoms with Crippen molar-refractivity contribution in [3.63, 3.8) is 0 Å². The first kappa shape index (κ1) is 13.0. The summed E-state index contributed by atoms with van der Waals surface area (Å²) in [5.74, 6) is 0. The Morgan fingerprint density at radius 3 is 2.89 bits per heavy atom. The highest BCUT2D eigenvalue weighted by atomic mass is 35.5. The van der Waals surface area contributed by atoms with Crippen molar-refractivity contribution in [2.75, 3.05) is 26.2 Å². The number of urea groups is 1. The normalized spacial score (nSPS) is 22.8. The highest BCUT2D eigenvalue weighted by molar-refractivity contribution is 6.42. The third kappa shape index (κ3) is 2.53. The first-order valence-electron chi connectivity index (χ1n) is 6.35. The van der Waals surface area contributed by atoms with Crippen LogP contribution in [0.25, 0.3) is 0 Å². The monoisotopic (exact) mass is 299 g/mol. The van der Waals surface area contributed by atoms with Gasteiger partial charge in [0.25, 0.3) is 0 Å². The minimum atomic E-state index is 0.123. The van der Waals surface area contributed by atoms with Crippen LogP contribution in [0.15, 0.2) is 18.2 Å². The van der Waals surface area contributed by atoms with Gasteiger partial charge in [-0.1, -0.05) is 29.3 Å². The van der Waals surface area contributed by atoms with E-state index in [1.165, 1.54) is 0 Å². The Kier molecular flexibility index (Phi) is 3.56. The molecule has 0 radical (unpaired) electrons. The maximum absolute atomic E-state index is 12.3. The van der Waals surface area contributed by atoms with Gasteiger partial charge in [0, 0.05) is 32.7 Å². The molecule has 4 nitrogen and oxygen atoms in total. The number of nitrogens with one attached hydrogen (secondary N) is 1. The fourth-order valence-corrected chi connectivity index (χ4v) is 3.00. The smallest absolute Gasteiger partial charge is 0.318 e. The molecule has 6 heteroatoms. The van der Waals surface area contributed by atoms with Gasteiger partial charge in [0.1, 0.15) is 0 Å². The molecule has 102 valence electrons. The molecule has 0 spiro atoms. The summed E-state index contributed by atoms with van der Waals surface area (Å²) in [5.41, 5.74) is 1.01. The summed E-state index contributed by atoms with van der Waals surface area (Å²) >= 11 is 11.9. The number of fused-ring (bicyclic) bond motifs is 1. The fraction of sp³-hybridized carbons (Fsp3) is 0.462. The first-order chi connectivity index (χ1) is 9.15. The Morgan fingerprint density at radius 1 is 1.32 bits per heavy atom. The van der Waals surface area contributed by atoms with Crippen LogP contribution in [0.1, 0.15) is 5.56 Å². The van der Waals surface area contributed by atoms with Gasteiger partial charge in [-0.25, -0.2) is 4.79 Å². The maximum atomic E-state index is 12.3. The molecule has 1 N–H and O–H groups in total. The number of amides is 2. The Bertz CT molecular complexity index is 509. The molecule has 1 atom stereocenters. The SMILES string of the molecule is O=C1N(Cc2ccc(Cl)c(Cl)c2)CC2CNCCN12. The largest absolute Gasteiger partial charge is 0.320 e. The van der Waals surface area contributed by atoms with Crippen LogP contribution in [0.2, 0.25) is 10.0 Å². The maximum Gasteiger partial charge on any atom is 0.320 e. The summed E-state index contributed by atoms with van der Waals surface area (Å²) in [7, 11) is 0. The molecule has 1 aromatic rings. The lowest BCUT2D eigenvalue weighted by molar-refractivity contribution is 0.178. The Hall–Kier alpha value is -0.970. The van der Waals surface area contributed by atoms with Crippen molar-refractivity contribution in [2.24, 2.45) is 0 Å². The van der Waals surface area contributed by atoms with Crippen LogP contribution < -0.4 is 5.32 Å². The summed E-state index contributed by atoms with van der Waals surface area (Å²) in [4.78, 5) is 16.1. The van der Waals surface area contributed by atoms with Gasteiger partial charge in [0.15, 0.2) is 0 Å². The van der Waals surface area contributed by atoms with E-state index in [-0.39, 0.29) is 6.03 Å². The van der Waals surface area contributed by atoms with Gasteiger partial charge in [0.05, 0.1) is 16.1 Å². The van der Waals surface area contributed by atoms with Crippen LogP contribution in [0.4, 0.5) is 4.79 Å². The van der Waals surface area contributed by atoms with Gasteiger partial charge >= 0.3 is 6.03 Å². The molecule has 2 amide bonds. The van der Waals surface area contributed by atoms with Crippen LogP contribution in [0.5, 0.6) is 0 Å². The number of halogens is 2. The lowest BCUT2D eigenvalue weighted by atomic mass is 10.2. The van der Waals surface area contributed by atoms with Crippen molar-refractivity contribution in [1.29, 1.82) is 0 Å². The van der Waals surface area contributed by atoms with Crippen molar-refractivity contribution in [2.45, 2.75) is 12.6 Å². The molecule has 2 fully saturated rings. The van der Waals surface area contributed by atoms with Crippen molar-refractivity contribution < 1.29 is 4.79 Å². The molecule has 1 unspecified atom stereocenters. The Labute approximate surface area is 122 Å². The van der Waals surface area contributed by atoms with Crippen molar-refractivity contribution in [3.8, 4) is 0 Å². The van der Waals surface area contributed by atoms with E-state index in [4.69, 9.17) is 23.2 Å². The van der Waals surface area contributed by atoms with Crippen LogP contribution in [-0.2, 0) is 6.54 Å². The van der Waals surface area contributed by atoms with Crippen molar-refractivity contribution >= 4 is 29.2 Å². The second kappa shape index (κ2) is 5.19. The molecule has 1 aromatic carbocycles. The van der Waals surface area contributed by atoms with E-state index in [9.17, 15) is 4.79 Å². The van der Waals surface area contributed by atoms with Gasteiger partial charge in [0.2, 0.25) is 0 Å². The molecular formula is C13H15Cl2N3O. The highest BCUT2D eigenvalue weighted by Gasteiger charge is 2.38. The van der Waals surface area contributed by atoms with E-state index in [1.54, 1.807) is 6.07 Å². The summed E-state index contributed by atoms with van der Waals surface area (Å²) < 4.78 is 0. The highest BCUT2D eigenvalue weighted by Crippen LogP contribution is 2.25. The number of piperazine rings is 1. The van der Waals surface area contributed by atoms with Crippen LogP contribution >= 0.6 is 23.2 Å². The third-order valence-corrected chi connectivity index (χ3v) is 4.39. The van der Waals surface area contributed by atoms with Crippen LogP contribution in [-0.4, -0.2) is 48.1 Å². The van der Waals surface area contributed by atoms with E-state index in [1.807, 2.05) is 21.9 Å². The molecule has 2 aliphatic heterocycles. The second-order valence-electron chi connectivity index (χ2n) is 4.96. The zero-order valence-corrected chi connectivity index (χ0v) is 11.9. The zero-order chi connectivity index (χ0) is 13.4. The van der Waals surface area contributed by atoms with Gasteiger partial charge in [-0.05, 0) is 17.7 Å². The van der Waals surface area contributed by atoms with E-state index in [0.717, 1.165) is 31.7 Å². The standard InChI is InChI=1S/C13H15Cl2N3O/c14-11-2-1-9(5-12(11)15)7-17-8-10-6-16-3-4-18(10)13(17)19/h1-2,5,10,16H,3-4,6-8H2. The minimum absolute atomic E-state index is 0.123. The predicted octanol–water partition coefficient (Wildman–Crippen LogP) is 2.20. The first-order valence-corrected chi connectivity index (χ1v) is 7.11. The fourth-order valence-electron chi connectivity index (χ4n) is 2.68. The Morgan fingerprint density at radius 2 is 2.16 bits per heavy atom. The summed E-state index contributed by atoms with van der Waals surface area (Å²) in [5, 5.41) is 4.39. The molecule has 0 saturated carbocycles. The van der Waals surface area contributed by atoms with Gasteiger partial charge in [-0.15, -0.1) is 0 Å². The lowest BCUT2D eigenvalue weighted by Crippen LogP contribution is -2.49. The molecule has 3 rings (SSSR count). The van der Waals surface area contributed by atoms with Crippen molar-refractivity contribution in [3.05, 3.63) is 33.8 Å². The van der Waals surface area contributed by atoms with E-state index >= 15 is 0 Å². The average molecular weight is 300 g/mol. The minimum Gasteiger partial charge on any atom is -0.318 e. The summed E-state index contributed by atoms with van der Waals surface area (Å²) in [6, 6.07) is 5.93. The third-order valence-electron chi connectivity index (χ3n) is 3.66. The number of rotatable bonds is 2. The molecule has 19 heavy (non-hydrogen) atoms. The predicted molar refractivity (Wildman–Crippen MR) is 75.6 cm³/mol. The summed E-state index contributed by atoms with van der Waals surface area (Å²) in [6.07, 6.45) is 0. The number of hydrogen-bond acceptors (Lipinski definition) is 2. The van der Waals surface area contributed by atoms with Crippen molar-refractivity contribution in [1.82, 2.24) is 15.1 Å². The topological polar surface area (TPSA) is 35.6 Å². The lowest BCUT2D eigenvalue weighted by Gasteiger charge is -2.28. The summed E-state index contributed by atoms with van der Waals surface area (Å²) in [6.45, 7) is 3.91. The van der Waals surface area contributed by atoms with E-state index in [2.05, 4.69) is 5.32 Å². The van der Waals surface area contributed by atoms with Crippen LogP contribution in [0, 0.1) is 0 Å². The second-order valence-corrected chi connectivity index (χ2v) is 5.78. The van der Waals surface area contributed by atoms with Crippen LogP contribution in [0.3, 0.4) is 0 Å². The number of hydrogen-bond donors (Lipinski definition) is 1. The van der Waals surface area contributed by atoms with E-state index in [0.29, 0.717) is 22.6 Å². The quantitative estimate of drug-likeness (QED) is 0.909. The van der Waals surface area contributed by atoms with Gasteiger partial charge in [-0.3, -0.25) is 0 Å². The Balaban J connectivity index is 1.73. The molecule has 0 aliphatic carbocycles. The number of carbonyl (C=O) groups excluding carboxylic acids is 1. The van der Waals surface area contributed by atoms with Gasteiger partial charge in [-0.2, -0.15) is 0 Å². The molecule has 2 aliphatic rings. The van der Waals surface area contributed by atoms with Gasteiger partial charge < -0.3 is 15.1 Å². The molecular weight excluding hydrogens is 285 g/mol. The molecule has 0 aromatic heterocycles. The molecule has 2 heterocycles. The van der Waals surface area contributed by atoms with E-state index < -0.39 is 0 Å². The number of carbonyl (C=O) groups is 1. The number of benzene rings is 1. The molecule has 2 saturated heterocycles.